The molecule has 0 atom stereocenters. The first-order valence-corrected chi connectivity index (χ1v) is 1.15. The molecule has 5 heavy (non-hydrogen) atoms. The first-order valence-electron chi connectivity index (χ1n) is 1.15. The zero-order valence-corrected chi connectivity index (χ0v) is 5.31. The van der Waals surface area contributed by atoms with E-state index in [2.05, 4.69) is 13.2 Å². The van der Waals surface area contributed by atoms with E-state index in [-0.39, 0.29) is 24.0 Å². The van der Waals surface area contributed by atoms with Crippen LogP contribution in [0.15, 0.2) is 25.3 Å². The summed E-state index contributed by atoms with van der Waals surface area (Å²) < 4.78 is 0. The van der Waals surface area contributed by atoms with Crippen LogP contribution in [0.4, 0.5) is 0 Å². The fourth-order valence-corrected chi connectivity index (χ4v) is 0. The fraction of sp³-hybridized carbons (Fsp3) is 0. The second-order valence-corrected chi connectivity index (χ2v) is 0.471. The molecule has 0 aromatic rings. The van der Waals surface area contributed by atoms with E-state index < -0.39 is 0 Å². The van der Waals surface area contributed by atoms with E-state index in [1.807, 2.05) is 0 Å². The monoisotopic (exact) mass is 182 g/mol. The van der Waals surface area contributed by atoms with Crippen molar-refractivity contribution in [1.29, 1.82) is 0 Å². The molecule has 0 saturated heterocycles. The molecule has 0 bridgehead atoms. The minimum Gasteiger partial charge on any atom is -0.107 e. The lowest BCUT2D eigenvalue weighted by Gasteiger charge is -1.44. The SMILES string of the molecule is C=CC=C.I. The van der Waals surface area contributed by atoms with Gasteiger partial charge in [0.2, 0.25) is 0 Å². The number of allylic oxidation sites excluding steroid dienone is 2. The van der Waals surface area contributed by atoms with Gasteiger partial charge in [-0.25, -0.2) is 0 Å². The van der Waals surface area contributed by atoms with E-state index in [0.29, 0.717) is 0 Å². The van der Waals surface area contributed by atoms with Gasteiger partial charge in [-0.05, 0) is 0 Å². The lowest BCUT2D eigenvalue weighted by atomic mass is 10.6. The normalized spacial score (nSPS) is 4.00. The molecule has 0 spiro atoms. The van der Waals surface area contributed by atoms with Crippen molar-refractivity contribution in [2.75, 3.05) is 0 Å². The predicted molar refractivity (Wildman–Crippen MR) is 35.8 cm³/mol. The molecule has 0 aromatic carbocycles. The van der Waals surface area contributed by atoms with Crippen molar-refractivity contribution in [3.63, 3.8) is 0 Å². The van der Waals surface area contributed by atoms with Crippen molar-refractivity contribution in [1.82, 2.24) is 0 Å². The van der Waals surface area contributed by atoms with Gasteiger partial charge in [0.1, 0.15) is 0 Å². The predicted octanol–water partition coefficient (Wildman–Crippen LogP) is 1.98. The Morgan fingerprint density at radius 3 is 1.20 bits per heavy atom. The van der Waals surface area contributed by atoms with Crippen LogP contribution in [0, 0.1) is 0 Å². The van der Waals surface area contributed by atoms with Crippen LogP contribution in [0.3, 0.4) is 0 Å². The summed E-state index contributed by atoms with van der Waals surface area (Å²) in [5.74, 6) is 0. The molecule has 0 N–H and O–H groups in total. The molecule has 0 amide bonds. The molecule has 0 fully saturated rings. The fourth-order valence-electron chi connectivity index (χ4n) is 0. The molecule has 0 aliphatic carbocycles. The highest BCUT2D eigenvalue weighted by Crippen LogP contribution is 1.52. The highest BCUT2D eigenvalue weighted by molar-refractivity contribution is 14.0. The average molecular weight is 182 g/mol. The van der Waals surface area contributed by atoms with Gasteiger partial charge in [-0.2, -0.15) is 0 Å². The third-order valence-electron chi connectivity index (χ3n) is 0.167. The Balaban J connectivity index is 0. The Kier molecular flexibility index (Phi) is 15.9. The van der Waals surface area contributed by atoms with Crippen molar-refractivity contribution < 1.29 is 0 Å². The van der Waals surface area contributed by atoms with Crippen molar-refractivity contribution in [2.24, 2.45) is 0 Å². The summed E-state index contributed by atoms with van der Waals surface area (Å²) in [4.78, 5) is 0. The van der Waals surface area contributed by atoms with Gasteiger partial charge in [0.05, 0.1) is 0 Å². The molecule has 30 valence electrons. The Morgan fingerprint density at radius 1 is 1.00 bits per heavy atom. The molecule has 0 aliphatic rings. The summed E-state index contributed by atoms with van der Waals surface area (Å²) in [6.07, 6.45) is 3.28. The van der Waals surface area contributed by atoms with Gasteiger partial charge in [0, 0.05) is 0 Å². The summed E-state index contributed by atoms with van der Waals surface area (Å²) >= 11 is 0. The van der Waals surface area contributed by atoms with E-state index >= 15 is 0 Å². The Labute approximate surface area is 49.6 Å². The Bertz CT molecular complexity index is 24.6. The third-order valence-corrected chi connectivity index (χ3v) is 0.167. The minimum atomic E-state index is 0. The molecule has 0 saturated carbocycles. The summed E-state index contributed by atoms with van der Waals surface area (Å²) in [6, 6.07) is 0. The van der Waals surface area contributed by atoms with Gasteiger partial charge in [-0.3, -0.25) is 0 Å². The van der Waals surface area contributed by atoms with E-state index in [1.54, 1.807) is 12.2 Å². The van der Waals surface area contributed by atoms with Crippen LogP contribution in [0.1, 0.15) is 0 Å². The molecular weight excluding hydrogens is 175 g/mol. The third kappa shape index (κ3) is 14.0. The summed E-state index contributed by atoms with van der Waals surface area (Å²) in [6.45, 7) is 6.72. The number of rotatable bonds is 1. The zero-order chi connectivity index (χ0) is 3.41. The van der Waals surface area contributed by atoms with Gasteiger partial charge in [0.15, 0.2) is 0 Å². The van der Waals surface area contributed by atoms with E-state index in [0.717, 1.165) is 0 Å². The van der Waals surface area contributed by atoms with Gasteiger partial charge in [0.25, 0.3) is 0 Å². The highest BCUT2D eigenvalue weighted by Gasteiger charge is 1.29. The van der Waals surface area contributed by atoms with Gasteiger partial charge >= 0.3 is 0 Å². The van der Waals surface area contributed by atoms with Crippen LogP contribution < -0.4 is 0 Å². The molecule has 0 nitrogen and oxygen atoms in total. The summed E-state index contributed by atoms with van der Waals surface area (Å²) in [5.41, 5.74) is 0. The van der Waals surface area contributed by atoms with Crippen LogP contribution in [0.25, 0.3) is 0 Å². The van der Waals surface area contributed by atoms with E-state index in [1.165, 1.54) is 0 Å². The van der Waals surface area contributed by atoms with Crippen LogP contribution in [0.5, 0.6) is 0 Å². The average Bonchev–Trinajstić information content (AvgIpc) is 1.37. The second kappa shape index (κ2) is 8.88. The van der Waals surface area contributed by atoms with Gasteiger partial charge < -0.3 is 0 Å². The van der Waals surface area contributed by atoms with Crippen molar-refractivity contribution in [3.05, 3.63) is 25.3 Å². The van der Waals surface area contributed by atoms with Crippen LogP contribution >= 0.6 is 24.0 Å². The van der Waals surface area contributed by atoms with Gasteiger partial charge in [-0.1, -0.05) is 25.3 Å². The molecule has 0 radical (unpaired) electrons. The standard InChI is InChI=1S/C4H6.HI/c1-3-4-2;/h3-4H,1-2H2;1H. The van der Waals surface area contributed by atoms with Crippen LogP contribution in [-0.4, -0.2) is 0 Å². The zero-order valence-electron chi connectivity index (χ0n) is 2.98. The maximum atomic E-state index is 3.36. The molecule has 0 aliphatic heterocycles. The van der Waals surface area contributed by atoms with Crippen LogP contribution in [0.2, 0.25) is 0 Å². The second-order valence-electron chi connectivity index (χ2n) is 0.471. The molecule has 0 rings (SSSR count). The first kappa shape index (κ1) is 8.96. The van der Waals surface area contributed by atoms with Crippen molar-refractivity contribution in [3.8, 4) is 0 Å². The van der Waals surface area contributed by atoms with E-state index in [4.69, 9.17) is 0 Å². The summed E-state index contributed by atoms with van der Waals surface area (Å²) in [7, 11) is 0. The van der Waals surface area contributed by atoms with Crippen molar-refractivity contribution >= 4 is 24.0 Å². The molecule has 0 heterocycles. The molecule has 0 unspecified atom stereocenters. The molecular formula is C4H7I. The summed E-state index contributed by atoms with van der Waals surface area (Å²) in [5, 5.41) is 0. The lowest BCUT2D eigenvalue weighted by Crippen LogP contribution is -1.21. The number of halogens is 1. The largest absolute Gasteiger partial charge is 0.107 e. The maximum absolute atomic E-state index is 3.36. The maximum Gasteiger partial charge on any atom is -0.0701 e. The van der Waals surface area contributed by atoms with Gasteiger partial charge in [-0.15, -0.1) is 24.0 Å². The quantitative estimate of drug-likeness (QED) is 0.429. The van der Waals surface area contributed by atoms with Crippen molar-refractivity contribution in [2.45, 2.75) is 0 Å². The lowest BCUT2D eigenvalue weighted by molar-refractivity contribution is 2.15. The number of hydrogen-bond donors (Lipinski definition) is 0. The Hall–Kier alpha value is 0.210. The topological polar surface area (TPSA) is 0 Å². The van der Waals surface area contributed by atoms with Crippen LogP contribution in [-0.2, 0) is 0 Å². The molecule has 0 aromatic heterocycles. The smallest absolute Gasteiger partial charge is 0.0701 e. The molecule has 1 heteroatoms. The first-order chi connectivity index (χ1) is 1.91. The highest BCUT2D eigenvalue weighted by atomic mass is 127. The van der Waals surface area contributed by atoms with E-state index in [9.17, 15) is 0 Å². The Morgan fingerprint density at radius 2 is 1.20 bits per heavy atom. The number of hydrogen-bond acceptors (Lipinski definition) is 0. The minimum absolute atomic E-state index is 0.